The molecule has 3 N–H and O–H groups in total. The Bertz CT molecular complexity index is 281. The van der Waals surface area contributed by atoms with Crippen molar-refractivity contribution in [2.45, 2.75) is 45.2 Å². The number of carboxylic acid groups (broad SMARTS) is 1. The van der Waals surface area contributed by atoms with Gasteiger partial charge in [0.1, 0.15) is 5.54 Å². The Kier molecular flexibility index (Phi) is 5.56. The van der Waals surface area contributed by atoms with Crippen LogP contribution < -0.4 is 5.73 Å². The number of rotatable bonds is 6. The van der Waals surface area contributed by atoms with Crippen LogP contribution in [-0.4, -0.2) is 65.2 Å². The van der Waals surface area contributed by atoms with Crippen LogP contribution in [0.1, 0.15) is 33.6 Å². The summed E-state index contributed by atoms with van der Waals surface area (Å²) < 4.78 is 0. The van der Waals surface area contributed by atoms with Gasteiger partial charge in [-0.25, -0.2) is 0 Å². The highest BCUT2D eigenvalue weighted by Crippen LogP contribution is 2.13. The molecule has 0 aromatic heterocycles. The number of hydrogen-bond acceptors (Lipinski definition) is 4. The van der Waals surface area contributed by atoms with Crippen LogP contribution in [0.2, 0.25) is 0 Å². The van der Waals surface area contributed by atoms with Crippen LogP contribution in [-0.2, 0) is 4.79 Å². The SMILES string of the molecule is CCN1CCN(CCCC(C)(N)C(=O)O)CC1C. The first-order valence-corrected chi connectivity index (χ1v) is 6.85. The van der Waals surface area contributed by atoms with Crippen LogP contribution in [0.5, 0.6) is 0 Å². The van der Waals surface area contributed by atoms with Gasteiger partial charge >= 0.3 is 5.97 Å². The molecule has 5 heteroatoms. The Hall–Kier alpha value is -0.650. The molecule has 5 nitrogen and oxygen atoms in total. The Morgan fingerprint density at radius 3 is 2.67 bits per heavy atom. The zero-order valence-corrected chi connectivity index (χ0v) is 11.9. The van der Waals surface area contributed by atoms with Gasteiger partial charge in [-0.2, -0.15) is 0 Å². The fourth-order valence-electron chi connectivity index (χ4n) is 2.52. The lowest BCUT2D eigenvalue weighted by Crippen LogP contribution is -2.52. The molecule has 1 fully saturated rings. The number of carbonyl (C=O) groups is 1. The minimum atomic E-state index is -1.09. The van der Waals surface area contributed by atoms with E-state index >= 15 is 0 Å². The molecule has 0 aromatic carbocycles. The molecule has 2 atom stereocenters. The summed E-state index contributed by atoms with van der Waals surface area (Å²) in [7, 11) is 0. The maximum Gasteiger partial charge on any atom is 0.323 e. The minimum absolute atomic E-state index is 0.532. The smallest absolute Gasteiger partial charge is 0.323 e. The molecule has 1 heterocycles. The molecule has 0 amide bonds. The molecule has 106 valence electrons. The van der Waals surface area contributed by atoms with E-state index in [2.05, 4.69) is 23.6 Å². The highest BCUT2D eigenvalue weighted by molar-refractivity contribution is 5.77. The maximum absolute atomic E-state index is 10.9. The van der Waals surface area contributed by atoms with E-state index < -0.39 is 11.5 Å². The average Bonchev–Trinajstić information content (AvgIpc) is 2.29. The molecule has 0 bridgehead atoms. The lowest BCUT2D eigenvalue weighted by molar-refractivity contribution is -0.143. The van der Waals surface area contributed by atoms with Gasteiger partial charge in [-0.15, -0.1) is 0 Å². The van der Waals surface area contributed by atoms with Crippen LogP contribution in [0.4, 0.5) is 0 Å². The van der Waals surface area contributed by atoms with E-state index in [0.717, 1.165) is 39.1 Å². The van der Waals surface area contributed by atoms with Gasteiger partial charge in [-0.1, -0.05) is 6.92 Å². The number of aliphatic carboxylic acids is 1. The molecule has 0 aromatic rings. The number of likely N-dealkylation sites (N-methyl/N-ethyl adjacent to an activating group) is 1. The molecule has 2 unspecified atom stereocenters. The van der Waals surface area contributed by atoms with E-state index in [1.165, 1.54) is 0 Å². The van der Waals surface area contributed by atoms with E-state index in [4.69, 9.17) is 10.8 Å². The summed E-state index contributed by atoms with van der Waals surface area (Å²) >= 11 is 0. The quantitative estimate of drug-likeness (QED) is 0.729. The van der Waals surface area contributed by atoms with Gasteiger partial charge in [0.25, 0.3) is 0 Å². The maximum atomic E-state index is 10.9. The van der Waals surface area contributed by atoms with Crippen LogP contribution in [0, 0.1) is 0 Å². The van der Waals surface area contributed by atoms with Crippen LogP contribution in [0.15, 0.2) is 0 Å². The Morgan fingerprint density at radius 2 is 2.17 bits per heavy atom. The molecule has 18 heavy (non-hydrogen) atoms. The van der Waals surface area contributed by atoms with Crippen molar-refractivity contribution < 1.29 is 9.90 Å². The van der Waals surface area contributed by atoms with Crippen molar-refractivity contribution in [3.05, 3.63) is 0 Å². The van der Waals surface area contributed by atoms with Gasteiger partial charge in [0.2, 0.25) is 0 Å². The first-order chi connectivity index (χ1) is 8.36. The lowest BCUT2D eigenvalue weighted by atomic mass is 9.97. The van der Waals surface area contributed by atoms with Gasteiger partial charge in [0, 0.05) is 25.7 Å². The normalized spacial score (nSPS) is 25.9. The summed E-state index contributed by atoms with van der Waals surface area (Å²) in [4.78, 5) is 15.8. The predicted octanol–water partition coefficient (Wildman–Crippen LogP) is 0.595. The molecule has 0 aliphatic carbocycles. The van der Waals surface area contributed by atoms with E-state index in [1.807, 2.05) is 0 Å². The molecule has 0 radical (unpaired) electrons. The second-order valence-corrected chi connectivity index (χ2v) is 5.60. The molecule has 1 aliphatic rings. The fourth-order valence-corrected chi connectivity index (χ4v) is 2.52. The number of hydrogen-bond donors (Lipinski definition) is 2. The van der Waals surface area contributed by atoms with Gasteiger partial charge in [0.05, 0.1) is 0 Å². The summed E-state index contributed by atoms with van der Waals surface area (Å²) in [6.07, 6.45) is 1.38. The fraction of sp³-hybridized carbons (Fsp3) is 0.923. The summed E-state index contributed by atoms with van der Waals surface area (Å²) in [5.41, 5.74) is 4.63. The third-order valence-electron chi connectivity index (χ3n) is 3.91. The van der Waals surface area contributed by atoms with Crippen molar-refractivity contribution in [2.24, 2.45) is 5.73 Å². The van der Waals surface area contributed by atoms with Crippen LogP contribution in [0.3, 0.4) is 0 Å². The molecule has 1 aliphatic heterocycles. The van der Waals surface area contributed by atoms with E-state index in [1.54, 1.807) is 6.92 Å². The zero-order chi connectivity index (χ0) is 13.8. The van der Waals surface area contributed by atoms with Crippen molar-refractivity contribution in [2.75, 3.05) is 32.7 Å². The average molecular weight is 257 g/mol. The number of carboxylic acids is 1. The second kappa shape index (κ2) is 6.50. The topological polar surface area (TPSA) is 69.8 Å². The summed E-state index contributed by atoms with van der Waals surface area (Å²) in [6, 6.07) is 0.590. The Balaban J connectivity index is 2.27. The van der Waals surface area contributed by atoms with Gasteiger partial charge in [-0.05, 0) is 39.8 Å². The van der Waals surface area contributed by atoms with Crippen LogP contribution in [0.25, 0.3) is 0 Å². The molecule has 0 saturated carbocycles. The number of piperazine rings is 1. The predicted molar refractivity (Wildman–Crippen MR) is 72.6 cm³/mol. The summed E-state index contributed by atoms with van der Waals surface area (Å²) in [5.74, 6) is -0.910. The third kappa shape index (κ3) is 4.23. The minimum Gasteiger partial charge on any atom is -0.480 e. The van der Waals surface area contributed by atoms with Gasteiger partial charge in [0.15, 0.2) is 0 Å². The van der Waals surface area contributed by atoms with E-state index in [0.29, 0.717) is 12.5 Å². The number of nitrogens with zero attached hydrogens (tertiary/aromatic N) is 2. The van der Waals surface area contributed by atoms with E-state index in [-0.39, 0.29) is 0 Å². The molecular formula is C13H27N3O2. The lowest BCUT2D eigenvalue weighted by Gasteiger charge is -2.39. The molecule has 0 spiro atoms. The van der Waals surface area contributed by atoms with Gasteiger partial charge in [-0.3, -0.25) is 9.69 Å². The van der Waals surface area contributed by atoms with Crippen molar-refractivity contribution in [3.8, 4) is 0 Å². The monoisotopic (exact) mass is 257 g/mol. The Labute approximate surface area is 110 Å². The molecular weight excluding hydrogens is 230 g/mol. The van der Waals surface area contributed by atoms with Crippen molar-refractivity contribution >= 4 is 5.97 Å². The zero-order valence-electron chi connectivity index (χ0n) is 11.9. The third-order valence-corrected chi connectivity index (χ3v) is 3.91. The van der Waals surface area contributed by atoms with Gasteiger partial charge < -0.3 is 15.7 Å². The first kappa shape index (κ1) is 15.4. The van der Waals surface area contributed by atoms with Crippen LogP contribution >= 0.6 is 0 Å². The standard InChI is InChI=1S/C13H27N3O2/c1-4-16-9-8-15(10-11(16)2)7-5-6-13(3,14)12(17)18/h11H,4-10,14H2,1-3H3,(H,17,18). The van der Waals surface area contributed by atoms with Crippen molar-refractivity contribution in [3.63, 3.8) is 0 Å². The summed E-state index contributed by atoms with van der Waals surface area (Å²) in [6.45, 7) is 11.3. The highest BCUT2D eigenvalue weighted by atomic mass is 16.4. The van der Waals surface area contributed by atoms with E-state index in [9.17, 15) is 4.79 Å². The largest absolute Gasteiger partial charge is 0.480 e. The summed E-state index contributed by atoms with van der Waals surface area (Å²) in [5, 5.41) is 8.94. The second-order valence-electron chi connectivity index (χ2n) is 5.60. The number of nitrogens with two attached hydrogens (primary N) is 1. The first-order valence-electron chi connectivity index (χ1n) is 6.85. The Morgan fingerprint density at radius 1 is 1.50 bits per heavy atom. The van der Waals surface area contributed by atoms with Crippen molar-refractivity contribution in [1.29, 1.82) is 0 Å². The molecule has 1 saturated heterocycles. The van der Waals surface area contributed by atoms with Crippen molar-refractivity contribution in [1.82, 2.24) is 9.80 Å². The molecule has 1 rings (SSSR count). The highest BCUT2D eigenvalue weighted by Gasteiger charge is 2.28.